The van der Waals surface area contributed by atoms with E-state index in [0.717, 1.165) is 0 Å². The molecule has 1 aromatic carbocycles. The summed E-state index contributed by atoms with van der Waals surface area (Å²) in [4.78, 5) is 0. The average Bonchev–Trinajstić information content (AvgIpc) is 2.48. The van der Waals surface area contributed by atoms with Gasteiger partial charge in [0.1, 0.15) is 16.5 Å². The van der Waals surface area contributed by atoms with Crippen LogP contribution in [0.25, 0.3) is 5.69 Å². The quantitative estimate of drug-likeness (QED) is 0.753. The van der Waals surface area contributed by atoms with Gasteiger partial charge in [0, 0.05) is 0 Å². The highest BCUT2D eigenvalue weighted by atomic mass is 35.5. The van der Waals surface area contributed by atoms with E-state index < -0.39 is 0 Å². The first-order valence-electron chi connectivity index (χ1n) is 3.97. The first kappa shape index (κ1) is 8.90. The zero-order valence-electron chi connectivity index (χ0n) is 7.18. The number of benzene rings is 1. The Bertz CT molecular complexity index is 447. The predicted molar refractivity (Wildman–Crippen MR) is 54.7 cm³/mol. The topological polar surface area (TPSA) is 64.1 Å². The van der Waals surface area contributed by atoms with Crippen molar-refractivity contribution in [1.82, 2.24) is 9.78 Å². The van der Waals surface area contributed by atoms with Gasteiger partial charge in [-0.2, -0.15) is 0 Å². The number of nitrogens with zero attached hydrogens (tertiary/aromatic N) is 2. The van der Waals surface area contributed by atoms with E-state index in [1.165, 1.54) is 4.68 Å². The van der Waals surface area contributed by atoms with Crippen LogP contribution < -0.4 is 5.73 Å². The summed E-state index contributed by atoms with van der Waals surface area (Å²) in [5.41, 5.74) is 6.03. The lowest BCUT2D eigenvalue weighted by atomic mass is 10.3. The highest BCUT2D eigenvalue weighted by molar-refractivity contribution is 6.32. The van der Waals surface area contributed by atoms with Crippen LogP contribution in [0.15, 0.2) is 30.5 Å². The molecule has 1 heterocycles. The number of hydrogen-bond acceptors (Lipinski definition) is 3. The number of nitrogen functional groups attached to an aromatic ring is 1. The Morgan fingerprint density at radius 2 is 2.07 bits per heavy atom. The zero-order chi connectivity index (χ0) is 10.1. The van der Waals surface area contributed by atoms with Crippen LogP contribution in [0.2, 0.25) is 5.02 Å². The molecule has 2 rings (SSSR count). The van der Waals surface area contributed by atoms with E-state index in [0.29, 0.717) is 10.7 Å². The highest BCUT2D eigenvalue weighted by Gasteiger charge is 2.07. The molecule has 0 unspecified atom stereocenters. The smallest absolute Gasteiger partial charge is 0.164 e. The van der Waals surface area contributed by atoms with Crippen molar-refractivity contribution in [2.24, 2.45) is 0 Å². The van der Waals surface area contributed by atoms with Crippen molar-refractivity contribution in [1.29, 1.82) is 0 Å². The van der Waals surface area contributed by atoms with Crippen LogP contribution in [0.3, 0.4) is 0 Å². The minimum atomic E-state index is 0.131. The van der Waals surface area contributed by atoms with Crippen LogP contribution >= 0.6 is 11.6 Å². The van der Waals surface area contributed by atoms with Crippen LogP contribution in [0.1, 0.15) is 0 Å². The van der Waals surface area contributed by atoms with Gasteiger partial charge in [-0.3, -0.25) is 0 Å². The number of rotatable bonds is 1. The molecule has 0 spiro atoms. The number of aromatic hydroxyl groups is 1. The van der Waals surface area contributed by atoms with Crippen LogP contribution in [-0.2, 0) is 0 Å². The summed E-state index contributed by atoms with van der Waals surface area (Å²) < 4.78 is 1.44. The molecule has 0 saturated heterocycles. The van der Waals surface area contributed by atoms with E-state index in [9.17, 15) is 5.11 Å². The zero-order valence-corrected chi connectivity index (χ0v) is 7.94. The third-order valence-corrected chi connectivity index (χ3v) is 2.12. The van der Waals surface area contributed by atoms with E-state index >= 15 is 0 Å². The predicted octanol–water partition coefficient (Wildman–Crippen LogP) is 1.81. The normalized spacial score (nSPS) is 10.4. The number of phenolic OH excluding ortho intramolecular Hbond substituents is 1. The average molecular weight is 210 g/mol. The molecule has 5 heteroatoms. The molecule has 0 aliphatic carbocycles. The van der Waals surface area contributed by atoms with Crippen molar-refractivity contribution in [2.45, 2.75) is 0 Å². The fraction of sp³-hybridized carbons (Fsp3) is 0. The van der Waals surface area contributed by atoms with Crippen LogP contribution in [-0.4, -0.2) is 14.9 Å². The lowest BCUT2D eigenvalue weighted by molar-refractivity contribution is 0.470. The van der Waals surface area contributed by atoms with Crippen molar-refractivity contribution >= 4 is 17.4 Å². The van der Waals surface area contributed by atoms with Gasteiger partial charge in [0.25, 0.3) is 0 Å². The molecule has 0 saturated carbocycles. The maximum absolute atomic E-state index is 9.52. The van der Waals surface area contributed by atoms with E-state index in [2.05, 4.69) is 5.10 Å². The van der Waals surface area contributed by atoms with E-state index in [4.69, 9.17) is 17.3 Å². The van der Waals surface area contributed by atoms with Gasteiger partial charge in [-0.05, 0) is 12.1 Å². The lowest BCUT2D eigenvalue weighted by Crippen LogP contribution is -1.96. The first-order chi connectivity index (χ1) is 6.68. The lowest BCUT2D eigenvalue weighted by Gasteiger charge is -2.02. The van der Waals surface area contributed by atoms with Gasteiger partial charge in [-0.25, -0.2) is 4.68 Å². The summed E-state index contributed by atoms with van der Waals surface area (Å²) in [7, 11) is 0. The summed E-state index contributed by atoms with van der Waals surface area (Å²) in [6, 6.07) is 6.81. The number of aromatic nitrogens is 2. The van der Waals surface area contributed by atoms with Gasteiger partial charge in [0.2, 0.25) is 0 Å². The van der Waals surface area contributed by atoms with Crippen LogP contribution in [0, 0.1) is 0 Å². The van der Waals surface area contributed by atoms with Gasteiger partial charge >= 0.3 is 0 Å². The highest BCUT2D eigenvalue weighted by Crippen LogP contribution is 2.24. The first-order valence-corrected chi connectivity index (χ1v) is 4.35. The van der Waals surface area contributed by atoms with Crippen LogP contribution in [0.5, 0.6) is 5.75 Å². The van der Waals surface area contributed by atoms with E-state index in [1.54, 1.807) is 30.5 Å². The largest absolute Gasteiger partial charge is 0.506 e. The molecule has 0 radical (unpaired) electrons. The second kappa shape index (κ2) is 3.23. The van der Waals surface area contributed by atoms with E-state index in [1.807, 2.05) is 0 Å². The standard InChI is InChI=1S/C9H8ClN3O/c10-6-5-13(12-9(6)11)7-3-1-2-4-8(7)14/h1-5,14H,(H2,11,12). The maximum atomic E-state index is 9.52. The molecule has 14 heavy (non-hydrogen) atoms. The van der Waals surface area contributed by atoms with E-state index in [-0.39, 0.29) is 11.6 Å². The minimum absolute atomic E-state index is 0.131. The number of anilines is 1. The summed E-state index contributed by atoms with van der Waals surface area (Å²) in [5, 5.41) is 13.8. The summed E-state index contributed by atoms with van der Waals surface area (Å²) in [6.07, 6.45) is 1.55. The number of para-hydroxylation sites is 2. The third kappa shape index (κ3) is 1.40. The molecule has 0 amide bonds. The number of hydrogen-bond donors (Lipinski definition) is 2. The Kier molecular flexibility index (Phi) is 2.05. The molecule has 0 bridgehead atoms. The van der Waals surface area contributed by atoms with Gasteiger partial charge in [0.05, 0.1) is 6.20 Å². The second-order valence-electron chi connectivity index (χ2n) is 2.80. The molecule has 0 atom stereocenters. The molecule has 1 aromatic heterocycles. The molecule has 3 N–H and O–H groups in total. The number of phenols is 1. The Balaban J connectivity index is 2.55. The van der Waals surface area contributed by atoms with Crippen molar-refractivity contribution in [3.8, 4) is 11.4 Å². The third-order valence-electron chi connectivity index (χ3n) is 1.82. The Hall–Kier alpha value is -1.68. The number of halogens is 1. The fourth-order valence-corrected chi connectivity index (χ4v) is 1.28. The Morgan fingerprint density at radius 1 is 1.36 bits per heavy atom. The second-order valence-corrected chi connectivity index (χ2v) is 3.20. The molecule has 72 valence electrons. The molecule has 2 aromatic rings. The molecule has 0 fully saturated rings. The Labute approximate surface area is 85.5 Å². The molecular formula is C9H8ClN3O. The van der Waals surface area contributed by atoms with Crippen LogP contribution in [0.4, 0.5) is 5.82 Å². The van der Waals surface area contributed by atoms with Crippen molar-refractivity contribution in [2.75, 3.05) is 5.73 Å². The van der Waals surface area contributed by atoms with Crippen molar-refractivity contribution in [3.05, 3.63) is 35.5 Å². The molecule has 0 aliphatic rings. The number of nitrogens with two attached hydrogens (primary N) is 1. The molecular weight excluding hydrogens is 202 g/mol. The summed E-state index contributed by atoms with van der Waals surface area (Å²) in [5.74, 6) is 0.376. The van der Waals surface area contributed by atoms with Gasteiger partial charge in [-0.15, -0.1) is 5.10 Å². The van der Waals surface area contributed by atoms with Gasteiger partial charge in [-0.1, -0.05) is 23.7 Å². The Morgan fingerprint density at radius 3 is 2.64 bits per heavy atom. The summed E-state index contributed by atoms with van der Waals surface area (Å²) in [6.45, 7) is 0. The van der Waals surface area contributed by atoms with Gasteiger partial charge < -0.3 is 10.8 Å². The minimum Gasteiger partial charge on any atom is -0.506 e. The fourth-order valence-electron chi connectivity index (χ4n) is 1.15. The maximum Gasteiger partial charge on any atom is 0.164 e. The van der Waals surface area contributed by atoms with Gasteiger partial charge in [0.15, 0.2) is 5.82 Å². The molecule has 0 aliphatic heterocycles. The molecule has 4 nitrogen and oxygen atoms in total. The van der Waals surface area contributed by atoms with Crippen molar-refractivity contribution < 1.29 is 5.11 Å². The summed E-state index contributed by atoms with van der Waals surface area (Å²) >= 11 is 5.74. The SMILES string of the molecule is Nc1nn(-c2ccccc2O)cc1Cl. The monoisotopic (exact) mass is 209 g/mol. The van der Waals surface area contributed by atoms with Crippen molar-refractivity contribution in [3.63, 3.8) is 0 Å².